The van der Waals surface area contributed by atoms with Gasteiger partial charge < -0.3 is 9.47 Å². The highest BCUT2D eigenvalue weighted by Crippen LogP contribution is 2.29. The summed E-state index contributed by atoms with van der Waals surface area (Å²) in [5, 5.41) is 1.41. The topological polar surface area (TPSA) is 35.5 Å². The molecule has 3 nitrogen and oxygen atoms in total. The van der Waals surface area contributed by atoms with E-state index in [0.717, 1.165) is 32.9 Å². The molecular weight excluding hydrogens is 451 g/mol. The maximum Gasteiger partial charge on any atom is 0.343 e. The number of hydrogen-bond donors (Lipinski definition) is 0. The molecule has 3 aromatic carbocycles. The van der Waals surface area contributed by atoms with Crippen molar-refractivity contribution in [1.82, 2.24) is 0 Å². The minimum absolute atomic E-state index is 0.0991. The number of esters is 1. The maximum atomic E-state index is 11.3. The number of benzene rings is 3. The van der Waals surface area contributed by atoms with Crippen LogP contribution in [0.25, 0.3) is 5.57 Å². The Morgan fingerprint density at radius 2 is 1.52 bits per heavy atom. The van der Waals surface area contributed by atoms with Crippen LogP contribution in [-0.4, -0.2) is 25.4 Å². The van der Waals surface area contributed by atoms with Gasteiger partial charge >= 0.3 is 5.97 Å². The number of ether oxygens (including phenoxy) is 2. The van der Waals surface area contributed by atoms with Crippen LogP contribution in [0, 0.1) is 6.92 Å². The van der Waals surface area contributed by atoms with Gasteiger partial charge in [0.15, 0.2) is 6.61 Å². The fraction of sp³-hybridized carbons (Fsp3) is 0.160. The Morgan fingerprint density at radius 3 is 2.03 bits per heavy atom. The van der Waals surface area contributed by atoms with E-state index in [0.29, 0.717) is 15.8 Å². The van der Waals surface area contributed by atoms with E-state index >= 15 is 0 Å². The van der Waals surface area contributed by atoms with Crippen molar-refractivity contribution in [2.75, 3.05) is 19.5 Å². The summed E-state index contributed by atoms with van der Waals surface area (Å²) in [6.07, 6.45) is 2.20. The first-order valence-electron chi connectivity index (χ1n) is 9.61. The minimum Gasteiger partial charge on any atom is -0.482 e. The Labute approximate surface area is 197 Å². The molecule has 0 heterocycles. The second-order valence-corrected chi connectivity index (χ2v) is 8.70. The van der Waals surface area contributed by atoms with E-state index < -0.39 is 5.97 Å². The van der Waals surface area contributed by atoms with Crippen molar-refractivity contribution >= 4 is 46.5 Å². The first-order valence-corrected chi connectivity index (χ1v) is 11.4. The smallest absolute Gasteiger partial charge is 0.343 e. The SMILES string of the molecule is COC(=O)COc1ccc(SCC=C(c2ccc(Cl)cc2)c2ccc(Cl)cc2)cc1C. The van der Waals surface area contributed by atoms with Gasteiger partial charge in [0.05, 0.1) is 7.11 Å². The Kier molecular flexibility index (Phi) is 8.47. The fourth-order valence-corrected chi connectivity index (χ4v) is 4.07. The number of methoxy groups -OCH3 is 1. The van der Waals surface area contributed by atoms with Gasteiger partial charge in [0.25, 0.3) is 0 Å². The van der Waals surface area contributed by atoms with Crippen molar-refractivity contribution in [3.8, 4) is 5.75 Å². The summed E-state index contributed by atoms with van der Waals surface area (Å²) >= 11 is 13.9. The third kappa shape index (κ3) is 6.79. The van der Waals surface area contributed by atoms with Crippen LogP contribution >= 0.6 is 35.0 Å². The van der Waals surface area contributed by atoms with Crippen LogP contribution < -0.4 is 4.74 Å². The number of carbonyl (C=O) groups is 1. The van der Waals surface area contributed by atoms with Gasteiger partial charge in [-0.3, -0.25) is 0 Å². The lowest BCUT2D eigenvalue weighted by atomic mass is 9.98. The van der Waals surface area contributed by atoms with Crippen molar-refractivity contribution in [2.45, 2.75) is 11.8 Å². The average molecular weight is 473 g/mol. The van der Waals surface area contributed by atoms with Crippen LogP contribution in [0.5, 0.6) is 5.75 Å². The Balaban J connectivity index is 1.75. The monoisotopic (exact) mass is 472 g/mol. The van der Waals surface area contributed by atoms with E-state index in [1.54, 1.807) is 11.8 Å². The van der Waals surface area contributed by atoms with Gasteiger partial charge in [-0.25, -0.2) is 4.79 Å². The molecule has 0 N–H and O–H groups in total. The molecule has 0 aromatic heterocycles. The largest absolute Gasteiger partial charge is 0.482 e. The van der Waals surface area contributed by atoms with Crippen LogP contribution in [0.2, 0.25) is 10.0 Å². The molecule has 0 aliphatic heterocycles. The number of halogens is 2. The lowest BCUT2D eigenvalue weighted by molar-refractivity contribution is -0.142. The van der Waals surface area contributed by atoms with Gasteiger partial charge in [-0.2, -0.15) is 0 Å². The van der Waals surface area contributed by atoms with Gasteiger partial charge in [-0.1, -0.05) is 53.5 Å². The van der Waals surface area contributed by atoms with Crippen LogP contribution in [-0.2, 0) is 9.53 Å². The molecular formula is C25H22Cl2O3S. The van der Waals surface area contributed by atoms with Gasteiger partial charge in [0.1, 0.15) is 5.75 Å². The van der Waals surface area contributed by atoms with E-state index in [1.165, 1.54) is 7.11 Å². The van der Waals surface area contributed by atoms with Gasteiger partial charge in [0.2, 0.25) is 0 Å². The zero-order valence-corrected chi connectivity index (χ0v) is 19.6. The first kappa shape index (κ1) is 23.3. The molecule has 6 heteroatoms. The molecule has 31 heavy (non-hydrogen) atoms. The maximum absolute atomic E-state index is 11.3. The molecule has 0 unspecified atom stereocenters. The summed E-state index contributed by atoms with van der Waals surface area (Å²) in [5.41, 5.74) is 4.27. The third-order valence-electron chi connectivity index (χ3n) is 4.57. The van der Waals surface area contributed by atoms with E-state index in [2.05, 4.69) is 16.9 Å². The molecule has 0 bridgehead atoms. The Bertz CT molecular complexity index is 1010. The van der Waals surface area contributed by atoms with Crippen molar-refractivity contribution in [3.05, 3.63) is 99.5 Å². The fourth-order valence-electron chi connectivity index (χ4n) is 2.95. The number of aryl methyl sites for hydroxylation is 1. The summed E-state index contributed by atoms with van der Waals surface area (Å²) < 4.78 is 10.1. The zero-order valence-electron chi connectivity index (χ0n) is 17.2. The summed E-state index contributed by atoms with van der Waals surface area (Å²) in [4.78, 5) is 12.4. The number of hydrogen-bond acceptors (Lipinski definition) is 4. The van der Waals surface area contributed by atoms with Gasteiger partial charge in [-0.05, 0) is 71.7 Å². The molecule has 0 atom stereocenters. The van der Waals surface area contributed by atoms with Crippen LogP contribution in [0.3, 0.4) is 0 Å². The second kappa shape index (κ2) is 11.3. The number of rotatable bonds is 8. The molecule has 0 saturated heterocycles. The average Bonchev–Trinajstić information content (AvgIpc) is 2.77. The Morgan fingerprint density at radius 1 is 0.935 bits per heavy atom. The van der Waals surface area contributed by atoms with Crippen molar-refractivity contribution in [2.24, 2.45) is 0 Å². The predicted octanol–water partition coefficient (Wildman–Crippen LogP) is 7.08. The van der Waals surface area contributed by atoms with E-state index in [1.807, 2.05) is 67.6 Å². The van der Waals surface area contributed by atoms with Crippen molar-refractivity contribution in [1.29, 1.82) is 0 Å². The molecule has 0 fully saturated rings. The van der Waals surface area contributed by atoms with Crippen molar-refractivity contribution < 1.29 is 14.3 Å². The zero-order chi connectivity index (χ0) is 22.2. The summed E-state index contributed by atoms with van der Waals surface area (Å²) in [6, 6.07) is 21.6. The van der Waals surface area contributed by atoms with Crippen molar-refractivity contribution in [3.63, 3.8) is 0 Å². The summed E-state index contributed by atoms with van der Waals surface area (Å²) in [6.45, 7) is 1.86. The standard InChI is InChI=1S/C25H22Cl2O3S/c1-17-15-22(11-12-24(17)30-16-25(28)29-2)31-14-13-23(18-3-7-20(26)8-4-18)19-5-9-21(27)10-6-19/h3-13,15H,14,16H2,1-2H3. The van der Waals surface area contributed by atoms with Gasteiger partial charge in [0, 0.05) is 20.7 Å². The number of thioether (sulfide) groups is 1. The normalized spacial score (nSPS) is 10.5. The van der Waals surface area contributed by atoms with E-state index in [4.69, 9.17) is 27.9 Å². The second-order valence-electron chi connectivity index (χ2n) is 6.73. The lowest BCUT2D eigenvalue weighted by Gasteiger charge is -2.11. The predicted molar refractivity (Wildman–Crippen MR) is 129 cm³/mol. The summed E-state index contributed by atoms with van der Waals surface area (Å²) in [7, 11) is 1.34. The molecule has 0 aliphatic carbocycles. The minimum atomic E-state index is -0.403. The van der Waals surface area contributed by atoms with Gasteiger partial charge in [-0.15, -0.1) is 11.8 Å². The van der Waals surface area contributed by atoms with Crippen LogP contribution in [0.1, 0.15) is 16.7 Å². The molecule has 0 spiro atoms. The molecule has 0 saturated carbocycles. The highest BCUT2D eigenvalue weighted by atomic mass is 35.5. The molecule has 0 radical (unpaired) electrons. The highest BCUT2D eigenvalue weighted by molar-refractivity contribution is 7.99. The van der Waals surface area contributed by atoms with Crippen LogP contribution in [0.4, 0.5) is 0 Å². The summed E-state index contributed by atoms with van der Waals surface area (Å²) in [5.74, 6) is 1.05. The quantitative estimate of drug-likeness (QED) is 0.259. The lowest BCUT2D eigenvalue weighted by Crippen LogP contribution is -2.12. The van der Waals surface area contributed by atoms with E-state index in [-0.39, 0.29) is 6.61 Å². The molecule has 3 rings (SSSR count). The molecule has 3 aromatic rings. The van der Waals surface area contributed by atoms with E-state index in [9.17, 15) is 4.79 Å². The molecule has 0 aliphatic rings. The molecule has 160 valence electrons. The van der Waals surface area contributed by atoms with Crippen LogP contribution in [0.15, 0.2) is 77.7 Å². The third-order valence-corrected chi connectivity index (χ3v) is 5.99. The first-order chi connectivity index (χ1) is 15.0. The Hall–Kier alpha value is -2.40. The highest BCUT2D eigenvalue weighted by Gasteiger charge is 2.08. The molecule has 0 amide bonds. The number of carbonyl (C=O) groups excluding carboxylic acids is 1.